The summed E-state index contributed by atoms with van der Waals surface area (Å²) < 4.78 is 47.5. The highest BCUT2D eigenvalue weighted by molar-refractivity contribution is 7.80. The zero-order valence-electron chi connectivity index (χ0n) is 21.6. The summed E-state index contributed by atoms with van der Waals surface area (Å²) in [7, 11) is -4.96. The lowest BCUT2D eigenvalue weighted by Gasteiger charge is -2.22. The molecule has 0 saturated carbocycles. The Morgan fingerprint density at radius 3 is 2.13 bits per heavy atom. The van der Waals surface area contributed by atoms with Gasteiger partial charge in [0.15, 0.2) is 0 Å². The molecule has 0 aromatic carbocycles. The average Bonchev–Trinajstić information content (AvgIpc) is 3.14. The molecule has 38 heavy (non-hydrogen) atoms. The molecule has 1 aromatic rings. The summed E-state index contributed by atoms with van der Waals surface area (Å²) in [6.45, 7) is 9.93. The van der Waals surface area contributed by atoms with Crippen molar-refractivity contribution in [3.63, 3.8) is 0 Å². The highest BCUT2D eigenvalue weighted by atomic mass is 32.3. The van der Waals surface area contributed by atoms with Gasteiger partial charge >= 0.3 is 33.5 Å². The maximum Gasteiger partial charge on any atom is 0.418 e. The summed E-state index contributed by atoms with van der Waals surface area (Å²) >= 11 is 0.803. The van der Waals surface area contributed by atoms with Gasteiger partial charge in [0.2, 0.25) is 5.96 Å². The molecule has 3 heterocycles. The Balaban J connectivity index is 1.79. The molecule has 3 rings (SSSR count). The van der Waals surface area contributed by atoms with Gasteiger partial charge in [-0.1, -0.05) is 11.3 Å². The number of thiazole rings is 1. The van der Waals surface area contributed by atoms with Crippen molar-refractivity contribution in [3.8, 4) is 0 Å². The van der Waals surface area contributed by atoms with Crippen LogP contribution in [0, 0.1) is 0 Å². The van der Waals surface area contributed by atoms with Crippen LogP contribution in [-0.2, 0) is 37.2 Å². The Hall–Kier alpha value is -3.22. The number of carbonyl (C=O) groups excluding carboxylic acids is 3. The highest BCUT2D eigenvalue weighted by Crippen LogP contribution is 2.39. The van der Waals surface area contributed by atoms with Crippen LogP contribution in [0.25, 0.3) is 0 Å². The van der Waals surface area contributed by atoms with Crippen LogP contribution in [0.3, 0.4) is 0 Å². The van der Waals surface area contributed by atoms with Crippen molar-refractivity contribution in [1.82, 2.24) is 25.2 Å². The van der Waals surface area contributed by atoms with Gasteiger partial charge in [-0.15, -0.1) is 4.28 Å². The molecule has 0 aliphatic carbocycles. The maximum atomic E-state index is 12.7. The van der Waals surface area contributed by atoms with Gasteiger partial charge in [-0.2, -0.15) is 13.5 Å². The number of aliphatic imine (C=N–C) groups is 1. The molecule has 1 fully saturated rings. The third-order valence-electron chi connectivity index (χ3n) is 4.81. The predicted molar refractivity (Wildman–Crippen MR) is 133 cm³/mol. The van der Waals surface area contributed by atoms with Gasteiger partial charge in [0, 0.05) is 6.54 Å². The van der Waals surface area contributed by atoms with Crippen LogP contribution in [0.2, 0.25) is 0 Å². The van der Waals surface area contributed by atoms with Crippen LogP contribution < -0.4 is 15.5 Å². The number of alkyl carbamates (subject to hydrolysis) is 2. The summed E-state index contributed by atoms with van der Waals surface area (Å²) in [5.41, 5.74) is -1.19. The average molecular weight is 579 g/mol. The number of guanidine groups is 1. The monoisotopic (exact) mass is 578 g/mol. The molecular formula is C20H30N6O10S2. The van der Waals surface area contributed by atoms with E-state index in [1.165, 1.54) is 9.47 Å². The zero-order valence-corrected chi connectivity index (χ0v) is 23.3. The lowest BCUT2D eigenvalue weighted by molar-refractivity contribution is -0.0308. The lowest BCUT2D eigenvalue weighted by Crippen LogP contribution is -2.47. The molecular weight excluding hydrogens is 548 g/mol. The number of ether oxygens (including phenoxy) is 2. The van der Waals surface area contributed by atoms with Crippen molar-refractivity contribution in [3.05, 3.63) is 20.2 Å². The maximum absolute atomic E-state index is 12.7. The number of aromatic nitrogens is 1. The van der Waals surface area contributed by atoms with Crippen molar-refractivity contribution in [1.29, 1.82) is 0 Å². The van der Waals surface area contributed by atoms with Crippen LogP contribution in [0.1, 0.15) is 58.2 Å². The van der Waals surface area contributed by atoms with Crippen molar-refractivity contribution in [2.45, 2.75) is 71.9 Å². The van der Waals surface area contributed by atoms with Crippen molar-refractivity contribution >= 4 is 45.9 Å². The van der Waals surface area contributed by atoms with E-state index in [4.69, 9.17) is 14.0 Å². The van der Waals surface area contributed by atoms with Crippen LogP contribution >= 0.6 is 11.3 Å². The summed E-state index contributed by atoms with van der Waals surface area (Å²) in [6, 6.07) is -1.69. The number of nitrogens with zero attached hydrogens (tertiary/aromatic N) is 4. The molecule has 0 radical (unpaired) electrons. The van der Waals surface area contributed by atoms with Crippen molar-refractivity contribution < 1.29 is 41.1 Å². The fraction of sp³-hybridized carbons (Fsp3) is 0.650. The molecule has 1 atom stereocenters. The van der Waals surface area contributed by atoms with Gasteiger partial charge in [0.25, 0.3) is 0 Å². The molecule has 212 valence electrons. The normalized spacial score (nSPS) is 17.1. The quantitative estimate of drug-likeness (QED) is 0.260. The van der Waals surface area contributed by atoms with Crippen LogP contribution in [-0.4, -0.2) is 76.0 Å². The highest BCUT2D eigenvalue weighted by Gasteiger charge is 2.48. The van der Waals surface area contributed by atoms with Gasteiger partial charge in [-0.05, 0) is 41.5 Å². The van der Waals surface area contributed by atoms with Crippen molar-refractivity contribution in [2.75, 3.05) is 13.1 Å². The molecule has 1 aromatic heterocycles. The molecule has 2 aliphatic rings. The first-order valence-electron chi connectivity index (χ1n) is 11.3. The van der Waals surface area contributed by atoms with Crippen LogP contribution in [0.5, 0.6) is 0 Å². The third kappa shape index (κ3) is 7.65. The molecule has 2 aliphatic heterocycles. The van der Waals surface area contributed by atoms with E-state index < -0.39 is 50.7 Å². The van der Waals surface area contributed by atoms with Gasteiger partial charge in [0.05, 0.1) is 30.2 Å². The summed E-state index contributed by atoms with van der Waals surface area (Å²) in [5.74, 6) is -0.266. The first kappa shape index (κ1) is 29.3. The second kappa shape index (κ2) is 10.5. The largest absolute Gasteiger partial charge is 0.444 e. The molecule has 4 amide bonds. The predicted octanol–water partition coefficient (Wildman–Crippen LogP) is 1.34. The van der Waals surface area contributed by atoms with Gasteiger partial charge in [-0.25, -0.2) is 14.4 Å². The molecule has 1 saturated heterocycles. The fourth-order valence-electron chi connectivity index (χ4n) is 3.60. The van der Waals surface area contributed by atoms with E-state index in [0.717, 1.165) is 11.3 Å². The van der Waals surface area contributed by atoms with Gasteiger partial charge in [0.1, 0.15) is 17.2 Å². The standard InChI is InChI=1S/C20H30N6O10S2/c1-19(2,3)34-15(27)22-14(23-16(28)35-20(4,5)6)21-7-8-25-11-9-24-10-12(13(11)37-18(25)30)26(17(24)29)36-38(31,32)33/h12H,7-10H2,1-6H3,(H,31,32,33)(H2,21,22,23,27,28). The van der Waals surface area contributed by atoms with Gasteiger partial charge < -0.3 is 14.4 Å². The summed E-state index contributed by atoms with van der Waals surface area (Å²) in [6.07, 6.45) is -1.75. The number of fused-ring (bicyclic) bond motifs is 4. The van der Waals surface area contributed by atoms with E-state index in [0.29, 0.717) is 15.6 Å². The Morgan fingerprint density at radius 1 is 1.08 bits per heavy atom. The third-order valence-corrected chi connectivity index (χ3v) is 6.28. The summed E-state index contributed by atoms with van der Waals surface area (Å²) in [4.78, 5) is 55.1. The molecule has 2 bridgehead atoms. The Kier molecular flexibility index (Phi) is 8.11. The first-order chi connectivity index (χ1) is 17.3. The number of hydroxylamine groups is 2. The van der Waals surface area contributed by atoms with E-state index in [1.54, 1.807) is 41.5 Å². The Morgan fingerprint density at radius 2 is 1.63 bits per heavy atom. The molecule has 16 nitrogen and oxygen atoms in total. The minimum absolute atomic E-state index is 0.00235. The molecule has 18 heteroatoms. The minimum atomic E-state index is -4.96. The number of carbonyl (C=O) groups is 3. The van der Waals surface area contributed by atoms with E-state index in [-0.39, 0.29) is 32.1 Å². The first-order valence-corrected chi connectivity index (χ1v) is 13.5. The number of nitrogens with one attached hydrogen (secondary N) is 2. The second-order valence-electron chi connectivity index (χ2n) is 10.3. The van der Waals surface area contributed by atoms with Gasteiger partial charge in [-0.3, -0.25) is 29.5 Å². The second-order valence-corrected chi connectivity index (χ2v) is 12.3. The number of rotatable bonds is 5. The van der Waals surface area contributed by atoms with Crippen molar-refractivity contribution in [2.24, 2.45) is 4.99 Å². The number of hydrogen-bond acceptors (Lipinski definition) is 11. The SMILES string of the molecule is CC(C)(C)OC(=O)NC(=NCCn1c2c(sc1=O)C1CN(C2)C(=O)N1OS(=O)(=O)O)NC(=O)OC(C)(C)C. The molecule has 1 unspecified atom stereocenters. The van der Waals surface area contributed by atoms with Crippen LogP contribution in [0.4, 0.5) is 14.4 Å². The van der Waals surface area contributed by atoms with Crippen LogP contribution in [0.15, 0.2) is 9.79 Å². The Labute approximate surface area is 222 Å². The zero-order chi connectivity index (χ0) is 28.6. The smallest absolute Gasteiger partial charge is 0.418 e. The van der Waals surface area contributed by atoms with E-state index in [2.05, 4.69) is 19.9 Å². The lowest BCUT2D eigenvalue weighted by atomic mass is 10.1. The summed E-state index contributed by atoms with van der Waals surface area (Å²) in [5, 5.41) is 5.20. The number of urea groups is 1. The topological polar surface area (TPSA) is 198 Å². The minimum Gasteiger partial charge on any atom is -0.444 e. The molecule has 0 spiro atoms. The van der Waals surface area contributed by atoms with E-state index in [1.807, 2.05) is 0 Å². The number of hydrogen-bond donors (Lipinski definition) is 3. The van der Waals surface area contributed by atoms with E-state index >= 15 is 0 Å². The fourth-order valence-corrected chi connectivity index (χ4v) is 5.06. The number of amides is 4. The molecule has 3 N–H and O–H groups in total. The Bertz CT molecular complexity index is 1270. The van der Waals surface area contributed by atoms with E-state index in [9.17, 15) is 27.6 Å².